The van der Waals surface area contributed by atoms with Gasteiger partial charge < -0.3 is 33.2 Å². The van der Waals surface area contributed by atoms with Crippen molar-refractivity contribution >= 4 is 11.8 Å². The Hall–Kier alpha value is -1.60. The number of carbonyl (C=O) groups excluding carboxylic acids is 1. The Morgan fingerprint density at radius 1 is 0.964 bits per heavy atom. The van der Waals surface area contributed by atoms with Gasteiger partial charge >= 0.3 is 6.09 Å². The minimum absolute atomic E-state index is 0. The van der Waals surface area contributed by atoms with Crippen LogP contribution in [0.3, 0.4) is 0 Å². The molecule has 0 unspecified atom stereocenters. The molecular formula is C23H29IN2O2. The van der Waals surface area contributed by atoms with Crippen LogP contribution in [0.4, 0.5) is 10.5 Å². The van der Waals surface area contributed by atoms with Crippen LogP contribution in [0.2, 0.25) is 0 Å². The zero-order valence-corrected chi connectivity index (χ0v) is 18.8. The number of nitrogens with zero attached hydrogens (tertiary/aromatic N) is 1. The second kappa shape index (κ2) is 8.41. The van der Waals surface area contributed by atoms with Crippen LogP contribution in [0.25, 0.3) is 11.1 Å². The summed E-state index contributed by atoms with van der Waals surface area (Å²) < 4.78 is 7.21. The lowest BCUT2D eigenvalue weighted by molar-refractivity contribution is -0.963. The van der Waals surface area contributed by atoms with Crippen molar-refractivity contribution in [2.45, 2.75) is 44.8 Å². The minimum Gasteiger partial charge on any atom is -1.00 e. The van der Waals surface area contributed by atoms with Crippen molar-refractivity contribution in [3.8, 4) is 11.1 Å². The van der Waals surface area contributed by atoms with Crippen LogP contribution in [0.5, 0.6) is 0 Å². The number of quaternary nitrogens is 1. The van der Waals surface area contributed by atoms with Gasteiger partial charge in [0.25, 0.3) is 0 Å². The number of para-hydroxylation sites is 1. The molecule has 0 saturated carbocycles. The van der Waals surface area contributed by atoms with E-state index in [0.717, 1.165) is 55.7 Å². The monoisotopic (exact) mass is 492 g/mol. The summed E-state index contributed by atoms with van der Waals surface area (Å²) >= 11 is 0. The Labute approximate surface area is 184 Å². The molecule has 1 N–H and O–H groups in total. The Morgan fingerprint density at radius 2 is 1.54 bits per heavy atom. The first-order valence-corrected chi connectivity index (χ1v) is 10.0. The SMILES string of the molecule is CC(C)[N+]12CCC(OC(=O)Nc3ccccc3-c3ccccc3)(CC1)CC2.[I-]. The minimum atomic E-state index is -0.329. The van der Waals surface area contributed by atoms with Gasteiger partial charge in [-0.2, -0.15) is 0 Å². The van der Waals surface area contributed by atoms with Gasteiger partial charge in [-0.1, -0.05) is 48.5 Å². The van der Waals surface area contributed by atoms with Crippen molar-refractivity contribution in [2.75, 3.05) is 25.0 Å². The molecule has 28 heavy (non-hydrogen) atoms. The Kier molecular flexibility index (Phi) is 6.34. The molecule has 0 spiro atoms. The topological polar surface area (TPSA) is 38.3 Å². The molecule has 2 aromatic rings. The molecule has 3 heterocycles. The Morgan fingerprint density at radius 3 is 2.14 bits per heavy atom. The summed E-state index contributed by atoms with van der Waals surface area (Å²) in [4.78, 5) is 12.7. The normalized spacial score (nSPS) is 25.8. The number of anilines is 1. The molecule has 5 heteroatoms. The number of hydrogen-bond donors (Lipinski definition) is 1. The van der Waals surface area contributed by atoms with E-state index >= 15 is 0 Å². The molecule has 2 aromatic carbocycles. The van der Waals surface area contributed by atoms with Gasteiger partial charge in [0.1, 0.15) is 5.60 Å². The summed E-state index contributed by atoms with van der Waals surface area (Å²) in [5.41, 5.74) is 2.61. The molecule has 1 amide bonds. The molecule has 4 nitrogen and oxygen atoms in total. The van der Waals surface area contributed by atoms with Crippen molar-refractivity contribution in [1.82, 2.24) is 0 Å². The van der Waals surface area contributed by atoms with E-state index in [1.165, 1.54) is 4.48 Å². The van der Waals surface area contributed by atoms with Gasteiger partial charge in [-0.05, 0) is 25.5 Å². The van der Waals surface area contributed by atoms with Gasteiger partial charge in [0.15, 0.2) is 0 Å². The summed E-state index contributed by atoms with van der Waals surface area (Å²) in [5.74, 6) is 0. The maximum absolute atomic E-state index is 12.7. The standard InChI is InChI=1S/C23H28N2O2.HI/c1-18(2)25-15-12-23(13-16-25,14-17-25)27-22(26)24-21-11-7-6-10-20(21)19-8-4-3-5-9-19;/h3-11,18H,12-17H2,1-2H3;1H. The number of piperidine rings is 3. The molecule has 3 fully saturated rings. The van der Waals surface area contributed by atoms with Crippen molar-refractivity contribution in [3.63, 3.8) is 0 Å². The van der Waals surface area contributed by atoms with Gasteiger partial charge in [0.2, 0.25) is 0 Å². The van der Waals surface area contributed by atoms with Gasteiger partial charge in [-0.3, -0.25) is 5.32 Å². The van der Waals surface area contributed by atoms with Crippen LogP contribution in [-0.2, 0) is 4.74 Å². The van der Waals surface area contributed by atoms with Crippen molar-refractivity contribution < 1.29 is 38.0 Å². The number of ether oxygens (including phenoxy) is 1. The third kappa shape index (κ3) is 4.06. The first kappa shape index (κ1) is 21.1. The summed E-state index contributed by atoms with van der Waals surface area (Å²) in [6.07, 6.45) is 2.58. The highest BCUT2D eigenvalue weighted by atomic mass is 127. The van der Waals surface area contributed by atoms with Crippen molar-refractivity contribution in [3.05, 3.63) is 54.6 Å². The van der Waals surface area contributed by atoms with E-state index in [4.69, 9.17) is 4.74 Å². The van der Waals surface area contributed by atoms with E-state index < -0.39 is 0 Å². The first-order chi connectivity index (χ1) is 13.0. The molecule has 5 rings (SSSR count). The second-order valence-corrected chi connectivity index (χ2v) is 8.34. The molecule has 3 saturated heterocycles. The Balaban J connectivity index is 0.00000225. The van der Waals surface area contributed by atoms with Crippen LogP contribution in [-0.4, -0.2) is 41.9 Å². The van der Waals surface area contributed by atoms with Gasteiger partial charge in [0.05, 0.1) is 31.4 Å². The molecule has 150 valence electrons. The highest BCUT2D eigenvalue weighted by Gasteiger charge is 2.52. The number of fused-ring (bicyclic) bond motifs is 3. The molecule has 0 radical (unpaired) electrons. The molecule has 0 atom stereocenters. The number of carbonyl (C=O) groups is 1. The quantitative estimate of drug-likeness (QED) is 0.525. The molecule has 2 bridgehead atoms. The lowest BCUT2D eigenvalue weighted by atomic mass is 9.80. The average molecular weight is 492 g/mol. The van der Waals surface area contributed by atoms with Gasteiger partial charge in [-0.25, -0.2) is 4.79 Å². The largest absolute Gasteiger partial charge is 1.00 e. The van der Waals surface area contributed by atoms with Crippen LogP contribution < -0.4 is 29.3 Å². The van der Waals surface area contributed by atoms with Crippen LogP contribution in [0, 0.1) is 0 Å². The smallest absolute Gasteiger partial charge is 0.412 e. The van der Waals surface area contributed by atoms with Gasteiger partial charge in [0, 0.05) is 24.8 Å². The molecule has 0 aromatic heterocycles. The molecule has 3 aliphatic rings. The Bertz CT molecular complexity index is 798. The fourth-order valence-electron chi connectivity index (χ4n) is 4.71. The summed E-state index contributed by atoms with van der Waals surface area (Å²) in [6.45, 7) is 7.97. The van der Waals surface area contributed by atoms with E-state index in [9.17, 15) is 4.79 Å². The first-order valence-electron chi connectivity index (χ1n) is 10.0. The summed E-state index contributed by atoms with van der Waals surface area (Å²) in [6, 6.07) is 18.7. The summed E-state index contributed by atoms with van der Waals surface area (Å²) in [7, 11) is 0. The third-order valence-corrected chi connectivity index (χ3v) is 6.69. The van der Waals surface area contributed by atoms with Crippen molar-refractivity contribution in [1.29, 1.82) is 0 Å². The van der Waals surface area contributed by atoms with E-state index in [1.54, 1.807) is 0 Å². The highest BCUT2D eigenvalue weighted by Crippen LogP contribution is 2.41. The van der Waals surface area contributed by atoms with Crippen molar-refractivity contribution in [2.24, 2.45) is 0 Å². The predicted octanol–water partition coefficient (Wildman–Crippen LogP) is 2.07. The fourth-order valence-corrected chi connectivity index (χ4v) is 4.71. The number of benzene rings is 2. The number of amides is 1. The van der Waals surface area contributed by atoms with Crippen LogP contribution >= 0.6 is 0 Å². The maximum atomic E-state index is 12.7. The maximum Gasteiger partial charge on any atom is 0.412 e. The molecule has 3 aliphatic heterocycles. The zero-order chi connectivity index (χ0) is 18.9. The average Bonchev–Trinajstić information content (AvgIpc) is 2.70. The number of rotatable bonds is 4. The molecular weight excluding hydrogens is 463 g/mol. The van der Waals surface area contributed by atoms with E-state index in [2.05, 4.69) is 31.3 Å². The van der Waals surface area contributed by atoms with Crippen LogP contribution in [0.1, 0.15) is 33.1 Å². The highest BCUT2D eigenvalue weighted by molar-refractivity contribution is 5.91. The summed E-state index contributed by atoms with van der Waals surface area (Å²) in [5, 5.41) is 3.00. The zero-order valence-electron chi connectivity index (χ0n) is 16.7. The van der Waals surface area contributed by atoms with E-state index in [1.807, 2.05) is 42.5 Å². The number of nitrogens with one attached hydrogen (secondary N) is 1. The molecule has 0 aliphatic carbocycles. The van der Waals surface area contributed by atoms with Crippen LogP contribution in [0.15, 0.2) is 54.6 Å². The van der Waals surface area contributed by atoms with E-state index in [0.29, 0.717) is 6.04 Å². The van der Waals surface area contributed by atoms with Gasteiger partial charge in [-0.15, -0.1) is 0 Å². The lowest BCUT2D eigenvalue weighted by Crippen LogP contribution is -3.00. The predicted molar refractivity (Wildman–Crippen MR) is 109 cm³/mol. The van der Waals surface area contributed by atoms with E-state index in [-0.39, 0.29) is 35.7 Å². The third-order valence-electron chi connectivity index (χ3n) is 6.69. The second-order valence-electron chi connectivity index (χ2n) is 8.34. The lowest BCUT2D eigenvalue weighted by Gasteiger charge is -2.55. The number of halogens is 1. The number of hydrogen-bond acceptors (Lipinski definition) is 2. The fraction of sp³-hybridized carbons (Fsp3) is 0.435.